The van der Waals surface area contributed by atoms with Gasteiger partial charge in [0.2, 0.25) is 0 Å². The molecule has 0 bridgehead atoms. The van der Waals surface area contributed by atoms with Crippen molar-refractivity contribution in [2.75, 3.05) is 31.1 Å². The summed E-state index contributed by atoms with van der Waals surface area (Å²) < 4.78 is 15.4. The smallest absolute Gasteiger partial charge is 0.272 e. The van der Waals surface area contributed by atoms with Gasteiger partial charge >= 0.3 is 0 Å². The van der Waals surface area contributed by atoms with Crippen molar-refractivity contribution in [3.8, 4) is 5.69 Å². The molecule has 2 heterocycles. The number of anilines is 1. The van der Waals surface area contributed by atoms with E-state index in [-0.39, 0.29) is 17.4 Å². The minimum absolute atomic E-state index is 0.253. The first-order valence-corrected chi connectivity index (χ1v) is 11.9. The largest absolute Gasteiger partial charge is 0.369 e. The van der Waals surface area contributed by atoms with Crippen molar-refractivity contribution in [3.05, 3.63) is 114 Å². The number of para-hydroxylation sites is 2. The van der Waals surface area contributed by atoms with Crippen LogP contribution in [0.3, 0.4) is 0 Å². The van der Waals surface area contributed by atoms with E-state index in [1.165, 1.54) is 22.0 Å². The SMILES string of the molecule is O=C(NCc1ccccc1CN1CCN(c2ccccc2)CC1)c1ccn(-c2ccccc2F)n1. The van der Waals surface area contributed by atoms with E-state index < -0.39 is 0 Å². The third kappa shape index (κ3) is 5.41. The van der Waals surface area contributed by atoms with Crippen molar-refractivity contribution >= 4 is 11.6 Å². The summed E-state index contributed by atoms with van der Waals surface area (Å²) in [5.41, 5.74) is 4.12. The van der Waals surface area contributed by atoms with Crippen LogP contribution in [-0.4, -0.2) is 46.8 Å². The molecule has 3 aromatic carbocycles. The van der Waals surface area contributed by atoms with Crippen LogP contribution < -0.4 is 10.2 Å². The third-order valence-corrected chi connectivity index (χ3v) is 6.37. The number of hydrogen-bond acceptors (Lipinski definition) is 4. The van der Waals surface area contributed by atoms with Gasteiger partial charge in [-0.3, -0.25) is 9.69 Å². The normalized spacial score (nSPS) is 14.1. The monoisotopic (exact) mass is 469 g/mol. The number of halogens is 1. The van der Waals surface area contributed by atoms with Crippen LogP contribution in [0.5, 0.6) is 0 Å². The lowest BCUT2D eigenvalue weighted by molar-refractivity contribution is 0.0945. The summed E-state index contributed by atoms with van der Waals surface area (Å²) in [7, 11) is 0. The Kier molecular flexibility index (Phi) is 6.86. The van der Waals surface area contributed by atoms with E-state index in [2.05, 4.69) is 50.5 Å². The molecule has 1 saturated heterocycles. The fourth-order valence-electron chi connectivity index (χ4n) is 4.41. The molecule has 1 aliphatic heterocycles. The Morgan fingerprint density at radius 1 is 0.829 bits per heavy atom. The molecule has 4 aromatic rings. The first-order chi connectivity index (χ1) is 17.2. The molecule has 0 spiro atoms. The zero-order valence-electron chi connectivity index (χ0n) is 19.5. The Bertz CT molecular complexity index is 1280. The Morgan fingerprint density at radius 3 is 2.29 bits per heavy atom. The van der Waals surface area contributed by atoms with Crippen LogP contribution >= 0.6 is 0 Å². The first kappa shape index (κ1) is 22.8. The number of nitrogens with one attached hydrogen (secondary N) is 1. The molecule has 1 aliphatic rings. The standard InChI is InChI=1S/C28H28FN5O/c29-25-12-6-7-13-27(25)34-15-14-26(31-34)28(35)30-20-22-8-4-5-9-23(22)21-32-16-18-33(19-17-32)24-10-2-1-3-11-24/h1-15H,16-21H2,(H,30,35). The Morgan fingerprint density at radius 2 is 1.51 bits per heavy atom. The predicted molar refractivity (Wildman–Crippen MR) is 135 cm³/mol. The van der Waals surface area contributed by atoms with Gasteiger partial charge in [0.15, 0.2) is 5.69 Å². The van der Waals surface area contributed by atoms with Crippen LogP contribution in [0.4, 0.5) is 10.1 Å². The van der Waals surface area contributed by atoms with Crippen molar-refractivity contribution in [2.45, 2.75) is 13.1 Å². The average molecular weight is 470 g/mol. The van der Waals surface area contributed by atoms with Crippen LogP contribution in [0.25, 0.3) is 5.69 Å². The van der Waals surface area contributed by atoms with Crippen LogP contribution in [0.2, 0.25) is 0 Å². The fourth-order valence-corrected chi connectivity index (χ4v) is 4.41. The molecule has 1 amide bonds. The van der Waals surface area contributed by atoms with E-state index in [1.54, 1.807) is 30.5 Å². The lowest BCUT2D eigenvalue weighted by Crippen LogP contribution is -2.46. The van der Waals surface area contributed by atoms with Gasteiger partial charge in [-0.1, -0.05) is 54.6 Å². The minimum atomic E-state index is -0.388. The summed E-state index contributed by atoms with van der Waals surface area (Å²) in [6.45, 7) is 5.22. The summed E-state index contributed by atoms with van der Waals surface area (Å²) in [5.74, 6) is -0.674. The zero-order chi connectivity index (χ0) is 24.0. The molecule has 6 nitrogen and oxygen atoms in total. The maximum Gasteiger partial charge on any atom is 0.272 e. The molecule has 178 valence electrons. The number of aromatic nitrogens is 2. The van der Waals surface area contributed by atoms with Crippen molar-refractivity contribution in [2.24, 2.45) is 0 Å². The molecule has 0 radical (unpaired) electrons. The zero-order valence-corrected chi connectivity index (χ0v) is 19.5. The second-order valence-electron chi connectivity index (χ2n) is 8.65. The maximum atomic E-state index is 14.0. The molecular weight excluding hydrogens is 441 g/mol. The van der Waals surface area contributed by atoms with E-state index in [9.17, 15) is 9.18 Å². The molecule has 35 heavy (non-hydrogen) atoms. The number of amides is 1. The van der Waals surface area contributed by atoms with Crippen molar-refractivity contribution in [1.29, 1.82) is 0 Å². The number of rotatable bonds is 7. The molecule has 1 N–H and O–H groups in total. The van der Waals surface area contributed by atoms with Gasteiger partial charge in [0.05, 0.1) is 0 Å². The third-order valence-electron chi connectivity index (χ3n) is 6.37. The van der Waals surface area contributed by atoms with Gasteiger partial charge in [-0.15, -0.1) is 0 Å². The van der Waals surface area contributed by atoms with E-state index in [0.717, 1.165) is 38.3 Å². The Hall–Kier alpha value is -3.97. The quantitative estimate of drug-likeness (QED) is 0.439. The first-order valence-electron chi connectivity index (χ1n) is 11.9. The van der Waals surface area contributed by atoms with Crippen LogP contribution in [-0.2, 0) is 13.1 Å². The molecule has 0 saturated carbocycles. The Balaban J connectivity index is 1.18. The number of carbonyl (C=O) groups excluding carboxylic acids is 1. The molecule has 0 aliphatic carbocycles. The van der Waals surface area contributed by atoms with Crippen LogP contribution in [0.1, 0.15) is 21.6 Å². The maximum absolute atomic E-state index is 14.0. The van der Waals surface area contributed by atoms with E-state index in [4.69, 9.17) is 0 Å². The summed E-state index contributed by atoms with van der Waals surface area (Å²) in [6.07, 6.45) is 1.59. The molecule has 0 atom stereocenters. The summed E-state index contributed by atoms with van der Waals surface area (Å²) in [6, 6.07) is 26.7. The molecule has 5 rings (SSSR count). The predicted octanol–water partition coefficient (Wildman–Crippen LogP) is 4.26. The molecule has 1 aromatic heterocycles. The molecular formula is C28H28FN5O. The summed E-state index contributed by atoms with van der Waals surface area (Å²) in [5, 5.41) is 7.22. The van der Waals surface area contributed by atoms with Gasteiger partial charge in [0.25, 0.3) is 5.91 Å². The van der Waals surface area contributed by atoms with E-state index in [0.29, 0.717) is 12.2 Å². The Labute approximate surface area is 204 Å². The van der Waals surface area contributed by atoms with Crippen LogP contribution in [0, 0.1) is 5.82 Å². The van der Waals surface area contributed by atoms with Crippen LogP contribution in [0.15, 0.2) is 91.1 Å². The minimum Gasteiger partial charge on any atom is -0.369 e. The second kappa shape index (κ2) is 10.5. The average Bonchev–Trinajstić information content (AvgIpc) is 3.39. The van der Waals surface area contributed by atoms with Gasteiger partial charge in [-0.25, -0.2) is 9.07 Å². The van der Waals surface area contributed by atoms with Gasteiger partial charge in [0, 0.05) is 51.2 Å². The highest BCUT2D eigenvalue weighted by Gasteiger charge is 2.18. The number of nitrogens with zero attached hydrogens (tertiary/aromatic N) is 4. The molecule has 1 fully saturated rings. The van der Waals surface area contributed by atoms with Gasteiger partial charge in [-0.2, -0.15) is 5.10 Å². The highest BCUT2D eigenvalue weighted by Crippen LogP contribution is 2.18. The highest BCUT2D eigenvalue weighted by atomic mass is 19.1. The van der Waals surface area contributed by atoms with Crippen molar-refractivity contribution in [3.63, 3.8) is 0 Å². The van der Waals surface area contributed by atoms with E-state index in [1.807, 2.05) is 24.3 Å². The van der Waals surface area contributed by atoms with Crippen molar-refractivity contribution < 1.29 is 9.18 Å². The lowest BCUT2D eigenvalue weighted by atomic mass is 10.1. The fraction of sp³-hybridized carbons (Fsp3) is 0.214. The number of hydrogen-bond donors (Lipinski definition) is 1. The highest BCUT2D eigenvalue weighted by molar-refractivity contribution is 5.92. The second-order valence-corrected chi connectivity index (χ2v) is 8.65. The summed E-state index contributed by atoms with van der Waals surface area (Å²) >= 11 is 0. The van der Waals surface area contributed by atoms with Gasteiger partial charge < -0.3 is 10.2 Å². The molecule has 0 unspecified atom stereocenters. The lowest BCUT2D eigenvalue weighted by Gasteiger charge is -2.36. The van der Waals surface area contributed by atoms with Gasteiger partial charge in [0.1, 0.15) is 11.5 Å². The number of carbonyl (C=O) groups is 1. The number of benzene rings is 3. The van der Waals surface area contributed by atoms with E-state index >= 15 is 0 Å². The number of piperazine rings is 1. The van der Waals surface area contributed by atoms with Crippen molar-refractivity contribution in [1.82, 2.24) is 20.0 Å². The van der Waals surface area contributed by atoms with Gasteiger partial charge in [-0.05, 0) is 41.5 Å². The molecule has 7 heteroatoms. The summed E-state index contributed by atoms with van der Waals surface area (Å²) in [4.78, 5) is 17.6. The topological polar surface area (TPSA) is 53.4 Å².